The normalized spacial score (nSPS) is 12.5. The molecule has 0 aliphatic rings. The van der Waals surface area contributed by atoms with Gasteiger partial charge in [-0.1, -0.05) is 37.3 Å². The number of hydrogen-bond acceptors (Lipinski definition) is 4. The number of carbonyl (C=O) groups is 3. The highest BCUT2D eigenvalue weighted by Crippen LogP contribution is 2.05. The topological polar surface area (TPSA) is 140 Å². The summed E-state index contributed by atoms with van der Waals surface area (Å²) < 4.78 is 0. The van der Waals surface area contributed by atoms with E-state index in [2.05, 4.69) is 15.6 Å². The molecule has 0 spiro atoms. The van der Waals surface area contributed by atoms with Gasteiger partial charge in [-0.3, -0.25) is 14.6 Å². The van der Waals surface area contributed by atoms with Crippen LogP contribution in [0.2, 0.25) is 0 Å². The third-order valence-electron chi connectivity index (χ3n) is 3.72. The summed E-state index contributed by atoms with van der Waals surface area (Å²) in [5, 5.41) is 5.38. The molecule has 0 aliphatic heterocycles. The monoisotopic (exact) mass is 361 g/mol. The molecule has 0 saturated heterocycles. The number of nitrogens with two attached hydrogens (primary N) is 2. The highest BCUT2D eigenvalue weighted by molar-refractivity contribution is 5.89. The Morgan fingerprint density at radius 2 is 1.88 bits per heavy atom. The number of aldehydes is 1. The maximum absolute atomic E-state index is 12.6. The fourth-order valence-electron chi connectivity index (χ4n) is 2.33. The molecule has 0 radical (unpaired) electrons. The lowest BCUT2D eigenvalue weighted by Gasteiger charge is -2.21. The van der Waals surface area contributed by atoms with E-state index in [1.807, 2.05) is 30.3 Å². The number of carbonyl (C=O) groups excluding carboxylic acids is 3. The van der Waals surface area contributed by atoms with Gasteiger partial charge in [0.2, 0.25) is 11.8 Å². The average molecular weight is 361 g/mol. The molecular weight excluding hydrogens is 334 g/mol. The molecule has 0 heterocycles. The molecule has 8 nitrogen and oxygen atoms in total. The van der Waals surface area contributed by atoms with E-state index in [1.54, 1.807) is 6.92 Å². The van der Waals surface area contributed by atoms with Crippen molar-refractivity contribution in [2.24, 2.45) is 16.5 Å². The van der Waals surface area contributed by atoms with Gasteiger partial charge in [0.25, 0.3) is 0 Å². The summed E-state index contributed by atoms with van der Waals surface area (Å²) >= 11 is 0. The molecule has 26 heavy (non-hydrogen) atoms. The van der Waals surface area contributed by atoms with Crippen molar-refractivity contribution in [1.29, 1.82) is 0 Å². The minimum Gasteiger partial charge on any atom is -0.370 e. The summed E-state index contributed by atoms with van der Waals surface area (Å²) in [6.07, 6.45) is 2.25. The van der Waals surface area contributed by atoms with Crippen LogP contribution < -0.4 is 22.1 Å². The van der Waals surface area contributed by atoms with Crippen LogP contribution >= 0.6 is 0 Å². The number of aliphatic imine (C=N–C) groups is 1. The summed E-state index contributed by atoms with van der Waals surface area (Å²) in [6, 6.07) is 7.96. The van der Waals surface area contributed by atoms with E-state index in [1.165, 1.54) is 0 Å². The van der Waals surface area contributed by atoms with Crippen LogP contribution in [-0.2, 0) is 20.8 Å². The number of hydrogen-bond donors (Lipinski definition) is 4. The second-order valence-corrected chi connectivity index (χ2v) is 5.86. The molecule has 6 N–H and O–H groups in total. The van der Waals surface area contributed by atoms with Gasteiger partial charge in [-0.2, -0.15) is 0 Å². The molecule has 142 valence electrons. The number of benzene rings is 1. The molecule has 0 bridgehead atoms. The smallest absolute Gasteiger partial charge is 0.243 e. The summed E-state index contributed by atoms with van der Waals surface area (Å²) in [4.78, 5) is 39.4. The highest BCUT2D eigenvalue weighted by atomic mass is 16.2. The van der Waals surface area contributed by atoms with Crippen molar-refractivity contribution in [2.75, 3.05) is 6.54 Å². The van der Waals surface area contributed by atoms with E-state index in [0.29, 0.717) is 32.1 Å². The second-order valence-electron chi connectivity index (χ2n) is 5.86. The second kappa shape index (κ2) is 11.6. The molecule has 1 aromatic rings. The molecule has 0 aliphatic carbocycles. The van der Waals surface area contributed by atoms with Crippen LogP contribution in [0.15, 0.2) is 35.3 Å². The lowest BCUT2D eigenvalue weighted by atomic mass is 10.0. The summed E-state index contributed by atoms with van der Waals surface area (Å²) in [5.41, 5.74) is 11.4. The Kier molecular flexibility index (Phi) is 9.45. The maximum Gasteiger partial charge on any atom is 0.243 e. The van der Waals surface area contributed by atoms with Crippen molar-refractivity contribution in [3.05, 3.63) is 35.9 Å². The fourth-order valence-corrected chi connectivity index (χ4v) is 2.33. The zero-order valence-electron chi connectivity index (χ0n) is 15.0. The third kappa shape index (κ3) is 8.27. The van der Waals surface area contributed by atoms with E-state index in [-0.39, 0.29) is 18.3 Å². The van der Waals surface area contributed by atoms with Crippen molar-refractivity contribution in [3.63, 3.8) is 0 Å². The lowest BCUT2D eigenvalue weighted by molar-refractivity contribution is -0.130. The van der Waals surface area contributed by atoms with Crippen molar-refractivity contribution < 1.29 is 14.4 Å². The van der Waals surface area contributed by atoms with Crippen LogP contribution in [0, 0.1) is 0 Å². The van der Waals surface area contributed by atoms with Gasteiger partial charge in [0.15, 0.2) is 5.96 Å². The van der Waals surface area contributed by atoms with Gasteiger partial charge >= 0.3 is 0 Å². The third-order valence-corrected chi connectivity index (χ3v) is 3.72. The Labute approximate surface area is 153 Å². The van der Waals surface area contributed by atoms with Crippen LogP contribution in [-0.4, -0.2) is 42.7 Å². The van der Waals surface area contributed by atoms with Crippen molar-refractivity contribution in [1.82, 2.24) is 10.6 Å². The highest BCUT2D eigenvalue weighted by Gasteiger charge is 2.23. The predicted octanol–water partition coefficient (Wildman–Crippen LogP) is -0.139. The summed E-state index contributed by atoms with van der Waals surface area (Å²) in [6.45, 7) is 2.09. The van der Waals surface area contributed by atoms with Gasteiger partial charge in [0.1, 0.15) is 12.3 Å². The van der Waals surface area contributed by atoms with Gasteiger partial charge in [-0.15, -0.1) is 0 Å². The van der Waals surface area contributed by atoms with Crippen LogP contribution in [0.5, 0.6) is 0 Å². The van der Waals surface area contributed by atoms with Crippen LogP contribution in [0.4, 0.5) is 0 Å². The zero-order chi connectivity index (χ0) is 19.4. The first-order valence-electron chi connectivity index (χ1n) is 8.60. The Morgan fingerprint density at radius 3 is 2.46 bits per heavy atom. The molecule has 8 heteroatoms. The van der Waals surface area contributed by atoms with Crippen LogP contribution in [0.25, 0.3) is 0 Å². The molecule has 1 rings (SSSR count). The summed E-state index contributed by atoms with van der Waals surface area (Å²) in [7, 11) is 0. The van der Waals surface area contributed by atoms with Gasteiger partial charge in [-0.05, 0) is 18.4 Å². The molecule has 0 fully saturated rings. The van der Waals surface area contributed by atoms with E-state index in [9.17, 15) is 14.4 Å². The number of rotatable bonds is 11. The number of guanidine groups is 1. The van der Waals surface area contributed by atoms with Gasteiger partial charge < -0.3 is 26.9 Å². The average Bonchev–Trinajstić information content (AvgIpc) is 2.63. The predicted molar refractivity (Wildman–Crippen MR) is 100 cm³/mol. The Bertz CT molecular complexity index is 615. The molecule has 0 saturated carbocycles. The SMILES string of the molecule is CCC(=O)N[C@@H](Cc1ccccc1)C(=O)N[C@H](C=O)CCCN=C(N)N. The molecule has 0 aromatic heterocycles. The Balaban J connectivity index is 2.68. The first kappa shape index (κ1) is 21.1. The van der Waals surface area contributed by atoms with Crippen LogP contribution in [0.3, 0.4) is 0 Å². The molecule has 2 atom stereocenters. The van der Waals surface area contributed by atoms with Gasteiger partial charge in [0, 0.05) is 19.4 Å². The van der Waals surface area contributed by atoms with Crippen molar-refractivity contribution in [3.8, 4) is 0 Å². The van der Waals surface area contributed by atoms with Gasteiger partial charge in [-0.25, -0.2) is 0 Å². The van der Waals surface area contributed by atoms with Crippen molar-refractivity contribution in [2.45, 2.75) is 44.7 Å². The van der Waals surface area contributed by atoms with E-state index < -0.39 is 18.0 Å². The fraction of sp³-hybridized carbons (Fsp3) is 0.444. The molecule has 2 amide bonds. The largest absolute Gasteiger partial charge is 0.370 e. The zero-order valence-corrected chi connectivity index (χ0v) is 15.0. The van der Waals surface area contributed by atoms with Crippen molar-refractivity contribution >= 4 is 24.1 Å². The Hall–Kier alpha value is -2.90. The van der Waals surface area contributed by atoms with Crippen LogP contribution in [0.1, 0.15) is 31.7 Å². The molecular formula is C18H27N5O3. The number of amides is 2. The number of nitrogens with one attached hydrogen (secondary N) is 2. The summed E-state index contributed by atoms with van der Waals surface area (Å²) in [5.74, 6) is -0.632. The Morgan fingerprint density at radius 1 is 1.19 bits per heavy atom. The minimum atomic E-state index is -0.745. The first-order chi connectivity index (χ1) is 12.5. The lowest BCUT2D eigenvalue weighted by Crippen LogP contribution is -2.51. The maximum atomic E-state index is 12.6. The minimum absolute atomic E-state index is 0.0121. The van der Waals surface area contributed by atoms with Gasteiger partial charge in [0.05, 0.1) is 6.04 Å². The molecule has 1 aromatic carbocycles. The van der Waals surface area contributed by atoms with E-state index >= 15 is 0 Å². The van der Waals surface area contributed by atoms with E-state index in [0.717, 1.165) is 5.56 Å². The standard InChI is InChI=1S/C18H27N5O3/c1-2-16(25)23-15(11-13-7-4-3-5-8-13)17(26)22-14(12-24)9-6-10-21-18(19)20/h3-5,7-8,12,14-15H,2,6,9-11H2,1H3,(H,22,26)(H,23,25)(H4,19,20,21)/t14-,15-/m0/s1. The quantitative estimate of drug-likeness (QED) is 0.188. The van der Waals surface area contributed by atoms with E-state index in [4.69, 9.17) is 11.5 Å². The first-order valence-corrected chi connectivity index (χ1v) is 8.60. The number of nitrogens with zero attached hydrogens (tertiary/aromatic N) is 1. The molecule has 0 unspecified atom stereocenters.